The van der Waals surface area contributed by atoms with Crippen LogP contribution in [0.4, 0.5) is 17.5 Å². The first kappa shape index (κ1) is 15.5. The monoisotopic (exact) mass is 305 g/mol. The number of nitrogens with zero attached hydrogens (tertiary/aromatic N) is 3. The summed E-state index contributed by atoms with van der Waals surface area (Å²) in [7, 11) is 4.13. The van der Waals surface area contributed by atoms with E-state index in [4.69, 9.17) is 11.6 Å². The molecule has 112 valence electrons. The number of benzene rings is 1. The molecule has 0 amide bonds. The standard InChI is InChI=1S/C15H20ClN5/c1-21(2)11-3-9-17-15-18-10-8-14(20-15)19-13-6-4-12(16)5-7-13/h4-8,10H,3,9,11H2,1-2H3,(H2,17,18,19,20). The minimum absolute atomic E-state index is 0.632. The number of hydrogen-bond donors (Lipinski definition) is 2. The van der Waals surface area contributed by atoms with Crippen molar-refractivity contribution in [1.82, 2.24) is 14.9 Å². The van der Waals surface area contributed by atoms with E-state index >= 15 is 0 Å². The quantitative estimate of drug-likeness (QED) is 0.769. The van der Waals surface area contributed by atoms with Gasteiger partial charge in [-0.3, -0.25) is 0 Å². The molecule has 1 aromatic heterocycles. The molecule has 5 nitrogen and oxygen atoms in total. The zero-order valence-electron chi connectivity index (χ0n) is 12.3. The minimum atomic E-state index is 0.632. The summed E-state index contributed by atoms with van der Waals surface area (Å²) >= 11 is 5.87. The fourth-order valence-corrected chi connectivity index (χ4v) is 1.92. The van der Waals surface area contributed by atoms with E-state index < -0.39 is 0 Å². The van der Waals surface area contributed by atoms with Crippen LogP contribution in [0.1, 0.15) is 6.42 Å². The molecular weight excluding hydrogens is 286 g/mol. The number of halogens is 1. The molecule has 0 fully saturated rings. The van der Waals surface area contributed by atoms with Gasteiger partial charge in [-0.15, -0.1) is 0 Å². The second-order valence-electron chi connectivity index (χ2n) is 4.98. The first-order valence-corrected chi connectivity index (χ1v) is 7.25. The van der Waals surface area contributed by atoms with E-state index in [0.29, 0.717) is 11.0 Å². The van der Waals surface area contributed by atoms with E-state index in [-0.39, 0.29) is 0 Å². The van der Waals surface area contributed by atoms with Crippen molar-refractivity contribution in [3.8, 4) is 0 Å². The Morgan fingerprint density at radius 2 is 1.90 bits per heavy atom. The van der Waals surface area contributed by atoms with Crippen molar-refractivity contribution in [3.05, 3.63) is 41.6 Å². The summed E-state index contributed by atoms with van der Waals surface area (Å²) in [6.45, 7) is 1.89. The van der Waals surface area contributed by atoms with Gasteiger partial charge in [-0.2, -0.15) is 4.98 Å². The first-order valence-electron chi connectivity index (χ1n) is 6.88. The lowest BCUT2D eigenvalue weighted by Crippen LogP contribution is -2.17. The van der Waals surface area contributed by atoms with Crippen LogP contribution in [0.5, 0.6) is 0 Å². The molecular formula is C15H20ClN5. The molecule has 1 aromatic carbocycles. The van der Waals surface area contributed by atoms with Crippen LogP contribution >= 0.6 is 11.6 Å². The predicted molar refractivity (Wildman–Crippen MR) is 88.4 cm³/mol. The summed E-state index contributed by atoms with van der Waals surface area (Å²) in [5.41, 5.74) is 0.941. The molecule has 0 atom stereocenters. The van der Waals surface area contributed by atoms with Crippen molar-refractivity contribution in [2.45, 2.75) is 6.42 Å². The summed E-state index contributed by atoms with van der Waals surface area (Å²) < 4.78 is 0. The Morgan fingerprint density at radius 3 is 2.62 bits per heavy atom. The van der Waals surface area contributed by atoms with Gasteiger partial charge in [0.25, 0.3) is 0 Å². The normalized spacial score (nSPS) is 10.7. The molecule has 2 rings (SSSR count). The van der Waals surface area contributed by atoms with Gasteiger partial charge in [-0.05, 0) is 57.4 Å². The zero-order chi connectivity index (χ0) is 15.1. The van der Waals surface area contributed by atoms with Crippen LogP contribution in [0.3, 0.4) is 0 Å². The molecule has 0 aliphatic carbocycles. The van der Waals surface area contributed by atoms with Crippen LogP contribution in [0, 0.1) is 0 Å². The van der Waals surface area contributed by atoms with Crippen molar-refractivity contribution in [1.29, 1.82) is 0 Å². The second-order valence-corrected chi connectivity index (χ2v) is 5.42. The maximum Gasteiger partial charge on any atom is 0.224 e. The molecule has 0 unspecified atom stereocenters. The molecule has 2 aromatic rings. The van der Waals surface area contributed by atoms with Crippen molar-refractivity contribution in [2.75, 3.05) is 37.8 Å². The highest BCUT2D eigenvalue weighted by Gasteiger charge is 2.00. The van der Waals surface area contributed by atoms with Gasteiger partial charge < -0.3 is 15.5 Å². The lowest BCUT2D eigenvalue weighted by molar-refractivity contribution is 0.405. The van der Waals surface area contributed by atoms with E-state index in [1.54, 1.807) is 6.20 Å². The Labute approximate surface area is 130 Å². The molecule has 0 saturated heterocycles. The summed E-state index contributed by atoms with van der Waals surface area (Å²) in [6, 6.07) is 9.33. The highest BCUT2D eigenvalue weighted by atomic mass is 35.5. The van der Waals surface area contributed by atoms with Gasteiger partial charge in [0.1, 0.15) is 5.82 Å². The van der Waals surface area contributed by atoms with Crippen molar-refractivity contribution in [2.24, 2.45) is 0 Å². The molecule has 1 heterocycles. The van der Waals surface area contributed by atoms with Crippen LogP contribution in [0.25, 0.3) is 0 Å². The van der Waals surface area contributed by atoms with Crippen LogP contribution in [0.15, 0.2) is 36.5 Å². The Hall–Kier alpha value is -1.85. The summed E-state index contributed by atoms with van der Waals surface area (Å²) in [6.07, 6.45) is 2.78. The van der Waals surface area contributed by atoms with Crippen molar-refractivity contribution in [3.63, 3.8) is 0 Å². The maximum absolute atomic E-state index is 5.87. The molecule has 0 bridgehead atoms. The topological polar surface area (TPSA) is 53.1 Å². The van der Waals surface area contributed by atoms with Gasteiger partial charge in [-0.1, -0.05) is 11.6 Å². The molecule has 0 spiro atoms. The van der Waals surface area contributed by atoms with Crippen LogP contribution in [0.2, 0.25) is 5.02 Å². The molecule has 6 heteroatoms. The van der Waals surface area contributed by atoms with Crippen LogP contribution < -0.4 is 10.6 Å². The first-order chi connectivity index (χ1) is 10.1. The molecule has 0 radical (unpaired) electrons. The maximum atomic E-state index is 5.87. The predicted octanol–water partition coefficient (Wildman–Crippen LogP) is 3.24. The number of aromatic nitrogens is 2. The highest BCUT2D eigenvalue weighted by Crippen LogP contribution is 2.17. The minimum Gasteiger partial charge on any atom is -0.354 e. The van der Waals surface area contributed by atoms with E-state index in [0.717, 1.165) is 31.0 Å². The molecule has 0 aliphatic heterocycles. The van der Waals surface area contributed by atoms with Crippen molar-refractivity contribution < 1.29 is 0 Å². The highest BCUT2D eigenvalue weighted by molar-refractivity contribution is 6.30. The summed E-state index contributed by atoms with van der Waals surface area (Å²) in [4.78, 5) is 10.8. The number of anilines is 3. The van der Waals surface area contributed by atoms with Gasteiger partial charge >= 0.3 is 0 Å². The third-order valence-electron chi connectivity index (χ3n) is 2.84. The summed E-state index contributed by atoms with van der Waals surface area (Å²) in [5, 5.41) is 7.16. The number of hydrogen-bond acceptors (Lipinski definition) is 5. The molecule has 0 saturated carbocycles. The smallest absolute Gasteiger partial charge is 0.224 e. The van der Waals surface area contributed by atoms with E-state index in [1.165, 1.54) is 0 Å². The van der Waals surface area contributed by atoms with E-state index in [2.05, 4.69) is 39.6 Å². The van der Waals surface area contributed by atoms with Crippen molar-refractivity contribution >= 4 is 29.1 Å². The van der Waals surface area contributed by atoms with E-state index in [9.17, 15) is 0 Å². The lowest BCUT2D eigenvalue weighted by atomic mass is 10.3. The molecule has 2 N–H and O–H groups in total. The third kappa shape index (κ3) is 5.57. The van der Waals surface area contributed by atoms with Gasteiger partial charge in [0.2, 0.25) is 5.95 Å². The van der Waals surface area contributed by atoms with E-state index in [1.807, 2.05) is 30.3 Å². The van der Waals surface area contributed by atoms with Gasteiger partial charge in [0, 0.05) is 23.5 Å². The fraction of sp³-hybridized carbons (Fsp3) is 0.333. The van der Waals surface area contributed by atoms with Gasteiger partial charge in [-0.25, -0.2) is 4.98 Å². The summed E-state index contributed by atoms with van der Waals surface area (Å²) in [5.74, 6) is 1.38. The third-order valence-corrected chi connectivity index (χ3v) is 3.09. The average molecular weight is 306 g/mol. The Balaban J connectivity index is 1.89. The second kappa shape index (κ2) is 7.81. The number of nitrogens with one attached hydrogen (secondary N) is 2. The largest absolute Gasteiger partial charge is 0.354 e. The Bertz CT molecular complexity index is 556. The number of rotatable bonds is 7. The average Bonchev–Trinajstić information content (AvgIpc) is 2.46. The Kier molecular flexibility index (Phi) is 5.78. The lowest BCUT2D eigenvalue weighted by Gasteiger charge is -2.10. The zero-order valence-corrected chi connectivity index (χ0v) is 13.1. The SMILES string of the molecule is CN(C)CCCNc1nccc(Nc2ccc(Cl)cc2)n1. The van der Waals surface area contributed by atoms with Gasteiger partial charge in [0.15, 0.2) is 0 Å². The Morgan fingerprint density at radius 1 is 1.14 bits per heavy atom. The molecule has 0 aliphatic rings. The van der Waals surface area contributed by atoms with Gasteiger partial charge in [0.05, 0.1) is 0 Å². The van der Waals surface area contributed by atoms with Crippen LogP contribution in [-0.2, 0) is 0 Å². The van der Waals surface area contributed by atoms with Crippen LogP contribution in [-0.4, -0.2) is 42.1 Å². The molecule has 21 heavy (non-hydrogen) atoms. The fourth-order valence-electron chi connectivity index (χ4n) is 1.79.